The lowest BCUT2D eigenvalue weighted by atomic mass is 9.90. The van der Waals surface area contributed by atoms with Gasteiger partial charge in [-0.1, -0.05) is 19.9 Å². The molecule has 0 spiro atoms. The highest BCUT2D eigenvalue weighted by molar-refractivity contribution is 8.00. The predicted octanol–water partition coefficient (Wildman–Crippen LogP) is 3.23. The number of nitriles is 1. The van der Waals surface area contributed by atoms with Gasteiger partial charge in [-0.3, -0.25) is 4.79 Å². The van der Waals surface area contributed by atoms with E-state index in [1.807, 2.05) is 45.0 Å². The second kappa shape index (κ2) is 7.37. The van der Waals surface area contributed by atoms with Crippen LogP contribution in [0.15, 0.2) is 29.2 Å². The Morgan fingerprint density at radius 1 is 1.43 bits per heavy atom. The standard InChI is InChI=1S/C16H22N2O2S/c1-11(2)16(4,10-17)18-15(19)12(3)21-14-8-6-7-13(9-14)20-5/h6-9,11-12H,1-5H3,(H,18,19). The first-order chi connectivity index (χ1) is 9.82. The molecule has 114 valence electrons. The zero-order valence-corrected chi connectivity index (χ0v) is 14.0. The molecule has 0 bridgehead atoms. The van der Waals surface area contributed by atoms with Crippen LogP contribution < -0.4 is 10.1 Å². The number of thioether (sulfide) groups is 1. The van der Waals surface area contributed by atoms with Crippen molar-refractivity contribution < 1.29 is 9.53 Å². The van der Waals surface area contributed by atoms with Gasteiger partial charge in [0.25, 0.3) is 0 Å². The third-order valence-electron chi connectivity index (χ3n) is 3.49. The minimum atomic E-state index is -0.847. The van der Waals surface area contributed by atoms with Crippen LogP contribution >= 0.6 is 11.8 Å². The second-order valence-corrected chi connectivity index (χ2v) is 6.81. The van der Waals surface area contributed by atoms with Crippen molar-refractivity contribution in [2.45, 2.75) is 43.4 Å². The zero-order valence-electron chi connectivity index (χ0n) is 13.1. The molecule has 1 aromatic rings. The quantitative estimate of drug-likeness (QED) is 0.820. The van der Waals surface area contributed by atoms with E-state index in [9.17, 15) is 10.1 Å². The van der Waals surface area contributed by atoms with Gasteiger partial charge < -0.3 is 10.1 Å². The summed E-state index contributed by atoms with van der Waals surface area (Å²) in [6.07, 6.45) is 0. The van der Waals surface area contributed by atoms with Crippen LogP contribution in [-0.2, 0) is 4.79 Å². The van der Waals surface area contributed by atoms with Crippen LogP contribution in [-0.4, -0.2) is 23.8 Å². The molecular weight excluding hydrogens is 284 g/mol. The van der Waals surface area contributed by atoms with Crippen LogP contribution in [0.25, 0.3) is 0 Å². The molecule has 0 aliphatic carbocycles. The van der Waals surface area contributed by atoms with Gasteiger partial charge in [-0.2, -0.15) is 5.26 Å². The summed E-state index contributed by atoms with van der Waals surface area (Å²) < 4.78 is 5.17. The largest absolute Gasteiger partial charge is 0.497 e. The molecule has 0 heterocycles. The lowest BCUT2D eigenvalue weighted by Gasteiger charge is -2.28. The first-order valence-corrected chi connectivity index (χ1v) is 7.74. The monoisotopic (exact) mass is 306 g/mol. The summed E-state index contributed by atoms with van der Waals surface area (Å²) in [7, 11) is 1.61. The number of hydrogen-bond donors (Lipinski definition) is 1. The maximum atomic E-state index is 12.3. The first-order valence-electron chi connectivity index (χ1n) is 6.86. The maximum absolute atomic E-state index is 12.3. The number of carbonyl (C=O) groups is 1. The third-order valence-corrected chi connectivity index (χ3v) is 4.59. The Labute approximate surface area is 130 Å². The van der Waals surface area contributed by atoms with Gasteiger partial charge in [0.15, 0.2) is 0 Å². The molecule has 1 N–H and O–H groups in total. The van der Waals surface area contributed by atoms with E-state index in [0.29, 0.717) is 0 Å². The van der Waals surface area contributed by atoms with Gasteiger partial charge >= 0.3 is 0 Å². The molecule has 0 aromatic heterocycles. The fourth-order valence-electron chi connectivity index (χ4n) is 1.59. The summed E-state index contributed by atoms with van der Waals surface area (Å²) in [6, 6.07) is 9.76. The number of ether oxygens (including phenoxy) is 1. The molecule has 0 aliphatic rings. The molecular formula is C16H22N2O2S. The zero-order chi connectivity index (χ0) is 16.0. The van der Waals surface area contributed by atoms with Crippen LogP contribution in [0.5, 0.6) is 5.75 Å². The van der Waals surface area contributed by atoms with Crippen LogP contribution in [0, 0.1) is 17.2 Å². The van der Waals surface area contributed by atoms with Crippen molar-refractivity contribution in [3.63, 3.8) is 0 Å². The van der Waals surface area contributed by atoms with Crippen LogP contribution in [0.2, 0.25) is 0 Å². The lowest BCUT2D eigenvalue weighted by molar-refractivity contribution is -0.121. The summed E-state index contributed by atoms with van der Waals surface area (Å²) in [6.45, 7) is 7.42. The van der Waals surface area contributed by atoms with E-state index in [2.05, 4.69) is 11.4 Å². The van der Waals surface area contributed by atoms with Gasteiger partial charge in [0, 0.05) is 4.90 Å². The number of rotatable bonds is 6. The highest BCUT2D eigenvalue weighted by Gasteiger charge is 2.31. The Hall–Kier alpha value is -1.67. The summed E-state index contributed by atoms with van der Waals surface area (Å²) in [5, 5.41) is 11.8. The van der Waals surface area contributed by atoms with Crippen molar-refractivity contribution in [2.24, 2.45) is 5.92 Å². The SMILES string of the molecule is COc1cccc(SC(C)C(=O)NC(C)(C#N)C(C)C)c1. The minimum Gasteiger partial charge on any atom is -0.497 e. The van der Waals surface area contributed by atoms with E-state index < -0.39 is 5.54 Å². The molecule has 1 amide bonds. The number of carbonyl (C=O) groups excluding carboxylic acids is 1. The van der Waals surface area contributed by atoms with Crippen molar-refractivity contribution in [1.29, 1.82) is 5.26 Å². The van der Waals surface area contributed by atoms with E-state index in [1.54, 1.807) is 14.0 Å². The van der Waals surface area contributed by atoms with E-state index >= 15 is 0 Å². The molecule has 21 heavy (non-hydrogen) atoms. The Morgan fingerprint density at radius 3 is 2.62 bits per heavy atom. The van der Waals surface area contributed by atoms with Gasteiger partial charge in [-0.25, -0.2) is 0 Å². The van der Waals surface area contributed by atoms with E-state index in [1.165, 1.54) is 11.8 Å². The molecule has 4 nitrogen and oxygen atoms in total. The van der Waals surface area contributed by atoms with Gasteiger partial charge in [-0.05, 0) is 38.0 Å². The van der Waals surface area contributed by atoms with Gasteiger partial charge in [-0.15, -0.1) is 11.8 Å². The van der Waals surface area contributed by atoms with Gasteiger partial charge in [0.1, 0.15) is 11.3 Å². The number of methoxy groups -OCH3 is 1. The normalized spacial score (nSPS) is 14.9. The Kier molecular flexibility index (Phi) is 6.10. The Bertz CT molecular complexity index is 539. The molecule has 0 aliphatic heterocycles. The van der Waals surface area contributed by atoms with Crippen molar-refractivity contribution in [2.75, 3.05) is 7.11 Å². The van der Waals surface area contributed by atoms with Crippen molar-refractivity contribution in [3.8, 4) is 11.8 Å². The average Bonchev–Trinajstić information content (AvgIpc) is 2.46. The predicted molar refractivity (Wildman–Crippen MR) is 85.3 cm³/mol. The molecule has 2 atom stereocenters. The van der Waals surface area contributed by atoms with Crippen LogP contribution in [0.1, 0.15) is 27.7 Å². The van der Waals surface area contributed by atoms with Crippen molar-refractivity contribution >= 4 is 17.7 Å². The first kappa shape index (κ1) is 17.4. The van der Waals surface area contributed by atoms with Crippen LogP contribution in [0.4, 0.5) is 0 Å². The highest BCUT2D eigenvalue weighted by atomic mass is 32.2. The summed E-state index contributed by atoms with van der Waals surface area (Å²) in [5.41, 5.74) is -0.847. The Morgan fingerprint density at radius 2 is 2.10 bits per heavy atom. The molecule has 5 heteroatoms. The lowest BCUT2D eigenvalue weighted by Crippen LogP contribution is -2.51. The molecule has 2 unspecified atom stereocenters. The third kappa shape index (κ3) is 4.68. The molecule has 1 rings (SSSR count). The number of nitrogens with one attached hydrogen (secondary N) is 1. The van der Waals surface area contributed by atoms with Crippen molar-refractivity contribution in [1.82, 2.24) is 5.32 Å². The smallest absolute Gasteiger partial charge is 0.234 e. The molecule has 0 fully saturated rings. The van der Waals surface area contributed by atoms with Gasteiger partial charge in [0.05, 0.1) is 18.4 Å². The number of benzene rings is 1. The van der Waals surface area contributed by atoms with Gasteiger partial charge in [0.2, 0.25) is 5.91 Å². The van der Waals surface area contributed by atoms with E-state index in [4.69, 9.17) is 4.74 Å². The Balaban J connectivity index is 2.73. The molecule has 0 saturated carbocycles. The fraction of sp³-hybridized carbons (Fsp3) is 0.500. The molecule has 0 radical (unpaired) electrons. The number of amides is 1. The summed E-state index contributed by atoms with van der Waals surface area (Å²) in [4.78, 5) is 13.2. The summed E-state index contributed by atoms with van der Waals surface area (Å²) in [5.74, 6) is 0.665. The second-order valence-electron chi connectivity index (χ2n) is 5.40. The average molecular weight is 306 g/mol. The topological polar surface area (TPSA) is 62.1 Å². The van der Waals surface area contributed by atoms with Crippen molar-refractivity contribution in [3.05, 3.63) is 24.3 Å². The van der Waals surface area contributed by atoms with E-state index in [0.717, 1.165) is 10.6 Å². The molecule has 1 aromatic carbocycles. The highest BCUT2D eigenvalue weighted by Crippen LogP contribution is 2.27. The summed E-state index contributed by atoms with van der Waals surface area (Å²) >= 11 is 1.44. The fourth-order valence-corrected chi connectivity index (χ4v) is 2.51. The maximum Gasteiger partial charge on any atom is 0.234 e. The number of nitrogens with zero attached hydrogens (tertiary/aromatic N) is 1. The van der Waals surface area contributed by atoms with Crippen LogP contribution in [0.3, 0.4) is 0 Å². The molecule has 0 saturated heterocycles. The van der Waals surface area contributed by atoms with E-state index in [-0.39, 0.29) is 17.1 Å². The number of hydrogen-bond acceptors (Lipinski definition) is 4. The minimum absolute atomic E-state index is 0.0421.